The summed E-state index contributed by atoms with van der Waals surface area (Å²) < 4.78 is 5.47. The first kappa shape index (κ1) is 27.9. The Kier molecular flexibility index (Phi) is 12.3. The molecule has 0 amide bonds. The Bertz CT molecular complexity index is 756. The normalized spacial score (nSPS) is 15.5. The predicted molar refractivity (Wildman–Crippen MR) is 132 cm³/mol. The number of aliphatic carboxylic acids is 1. The van der Waals surface area contributed by atoms with Crippen LogP contribution in [0.25, 0.3) is 0 Å². The predicted octanol–water partition coefficient (Wildman–Crippen LogP) is 5.09. The molecule has 0 aliphatic carbocycles. The van der Waals surface area contributed by atoms with Gasteiger partial charge in [0.1, 0.15) is 5.04 Å². The Morgan fingerprint density at radius 3 is 2.28 bits per heavy atom. The number of thioether (sulfide) groups is 1. The minimum absolute atomic E-state index is 0.0289. The van der Waals surface area contributed by atoms with Gasteiger partial charge >= 0.3 is 11.9 Å². The number of benzene rings is 1. The molecule has 0 bridgehead atoms. The number of carboxylic acid groups (broad SMARTS) is 1. The summed E-state index contributed by atoms with van der Waals surface area (Å²) in [5, 5.41) is 19.9. The first-order chi connectivity index (χ1) is 15.0. The first-order valence-corrected chi connectivity index (χ1v) is 11.9. The van der Waals surface area contributed by atoms with E-state index in [4.69, 9.17) is 10.1 Å². The maximum Gasteiger partial charge on any atom is 0.306 e. The van der Waals surface area contributed by atoms with Crippen molar-refractivity contribution in [3.8, 4) is 0 Å². The van der Waals surface area contributed by atoms with Crippen LogP contribution in [-0.2, 0) is 20.7 Å². The van der Waals surface area contributed by atoms with Crippen molar-refractivity contribution in [3.63, 3.8) is 0 Å². The highest BCUT2D eigenvalue weighted by molar-refractivity contribution is 8.16. The van der Waals surface area contributed by atoms with Crippen molar-refractivity contribution in [1.29, 1.82) is 5.41 Å². The molecule has 0 spiro atoms. The van der Waals surface area contributed by atoms with E-state index in [0.717, 1.165) is 12.0 Å². The molecule has 1 aromatic rings. The van der Waals surface area contributed by atoms with Crippen LogP contribution in [0.3, 0.4) is 0 Å². The van der Waals surface area contributed by atoms with Gasteiger partial charge in [-0.05, 0) is 49.7 Å². The van der Waals surface area contributed by atoms with Crippen LogP contribution >= 0.6 is 11.8 Å². The van der Waals surface area contributed by atoms with Gasteiger partial charge in [0.25, 0.3) is 0 Å². The number of nitrogens with one attached hydrogen (secondary N) is 1. The lowest BCUT2D eigenvalue weighted by Gasteiger charge is -2.31. The fourth-order valence-electron chi connectivity index (χ4n) is 3.71. The Hall–Kier alpha value is -2.12. The monoisotopic (exact) mass is 462 g/mol. The van der Waals surface area contributed by atoms with Gasteiger partial charge in [-0.1, -0.05) is 68.9 Å². The smallest absolute Gasteiger partial charge is 0.306 e. The summed E-state index contributed by atoms with van der Waals surface area (Å²) in [6.45, 7) is 7.31. The fourth-order valence-corrected chi connectivity index (χ4v) is 4.45. The molecule has 4 atom stereocenters. The van der Waals surface area contributed by atoms with Crippen LogP contribution in [0.4, 0.5) is 0 Å². The van der Waals surface area contributed by atoms with Crippen LogP contribution in [-0.4, -0.2) is 53.2 Å². The SMILES string of the molecule is CC(=O)OC(CC(C(C)C)N(C)C)C(=N)S/C=C/C(Cc1ccccc1)CC(C)C(=O)O. The van der Waals surface area contributed by atoms with Crippen LogP contribution in [0.2, 0.25) is 0 Å². The number of carbonyl (C=O) groups is 2. The first-order valence-electron chi connectivity index (χ1n) is 11.0. The largest absolute Gasteiger partial charge is 0.481 e. The van der Waals surface area contributed by atoms with Crippen molar-refractivity contribution in [2.75, 3.05) is 14.1 Å². The number of rotatable bonds is 13. The topological polar surface area (TPSA) is 90.7 Å². The molecule has 1 aromatic carbocycles. The fraction of sp³-hybridized carbons (Fsp3) is 0.560. The third-order valence-electron chi connectivity index (χ3n) is 5.45. The third kappa shape index (κ3) is 10.5. The number of carboxylic acids is 1. The zero-order chi connectivity index (χ0) is 24.3. The van der Waals surface area contributed by atoms with E-state index in [1.807, 2.05) is 55.9 Å². The van der Waals surface area contributed by atoms with E-state index in [9.17, 15) is 14.7 Å². The minimum atomic E-state index is -0.810. The number of carbonyl (C=O) groups excluding carboxylic acids is 1. The van der Waals surface area contributed by atoms with Crippen molar-refractivity contribution in [2.24, 2.45) is 17.8 Å². The molecule has 32 heavy (non-hydrogen) atoms. The van der Waals surface area contributed by atoms with Gasteiger partial charge in [-0.15, -0.1) is 0 Å². The summed E-state index contributed by atoms with van der Waals surface area (Å²) >= 11 is 1.23. The van der Waals surface area contributed by atoms with E-state index in [1.165, 1.54) is 18.7 Å². The van der Waals surface area contributed by atoms with Gasteiger partial charge in [-0.2, -0.15) is 0 Å². The van der Waals surface area contributed by atoms with Crippen LogP contribution in [0.1, 0.15) is 46.1 Å². The number of hydrogen-bond acceptors (Lipinski definition) is 6. The lowest BCUT2D eigenvalue weighted by atomic mass is 9.90. The van der Waals surface area contributed by atoms with Gasteiger partial charge in [0.15, 0.2) is 6.10 Å². The highest BCUT2D eigenvalue weighted by atomic mass is 32.2. The van der Waals surface area contributed by atoms with Gasteiger partial charge in [0.05, 0.1) is 5.92 Å². The molecule has 0 saturated heterocycles. The zero-order valence-corrected chi connectivity index (χ0v) is 20.9. The molecule has 0 saturated carbocycles. The molecule has 4 unspecified atom stereocenters. The molecular formula is C25H38N2O4S. The van der Waals surface area contributed by atoms with E-state index in [-0.39, 0.29) is 17.0 Å². The number of esters is 1. The number of ether oxygens (including phenoxy) is 1. The van der Waals surface area contributed by atoms with E-state index >= 15 is 0 Å². The Balaban J connectivity index is 2.90. The van der Waals surface area contributed by atoms with Crippen molar-refractivity contribution < 1.29 is 19.4 Å². The maximum absolute atomic E-state index is 11.6. The Morgan fingerprint density at radius 2 is 1.78 bits per heavy atom. The van der Waals surface area contributed by atoms with Crippen LogP contribution in [0.15, 0.2) is 41.8 Å². The zero-order valence-electron chi connectivity index (χ0n) is 20.1. The molecule has 7 heteroatoms. The molecule has 6 nitrogen and oxygen atoms in total. The summed E-state index contributed by atoms with van der Waals surface area (Å²) in [6.07, 6.45) is 3.16. The Labute approximate surface area is 196 Å². The number of allylic oxidation sites excluding steroid dienone is 1. The molecule has 178 valence electrons. The van der Waals surface area contributed by atoms with E-state index < -0.39 is 24.0 Å². The maximum atomic E-state index is 11.6. The number of nitrogens with zero attached hydrogens (tertiary/aromatic N) is 1. The molecule has 0 fully saturated rings. The van der Waals surface area contributed by atoms with Crippen LogP contribution < -0.4 is 0 Å². The van der Waals surface area contributed by atoms with Gasteiger partial charge < -0.3 is 14.7 Å². The molecule has 0 radical (unpaired) electrons. The highest BCUT2D eigenvalue weighted by Crippen LogP contribution is 2.24. The van der Waals surface area contributed by atoms with Crippen molar-refractivity contribution in [2.45, 2.75) is 59.1 Å². The molecule has 0 aliphatic rings. The second-order valence-electron chi connectivity index (χ2n) is 8.84. The van der Waals surface area contributed by atoms with Gasteiger partial charge in [0.2, 0.25) is 0 Å². The summed E-state index contributed by atoms with van der Waals surface area (Å²) in [4.78, 5) is 25.1. The van der Waals surface area contributed by atoms with E-state index in [0.29, 0.717) is 18.8 Å². The number of hydrogen-bond donors (Lipinski definition) is 2. The Morgan fingerprint density at radius 1 is 1.16 bits per heavy atom. The lowest BCUT2D eigenvalue weighted by molar-refractivity contribution is -0.144. The average Bonchev–Trinajstić information content (AvgIpc) is 2.70. The van der Waals surface area contributed by atoms with Gasteiger partial charge in [-0.25, -0.2) is 0 Å². The third-order valence-corrected chi connectivity index (χ3v) is 6.26. The van der Waals surface area contributed by atoms with Crippen LogP contribution in [0.5, 0.6) is 0 Å². The summed E-state index contributed by atoms with van der Waals surface area (Å²) in [5.74, 6) is -1.29. The summed E-state index contributed by atoms with van der Waals surface area (Å²) in [7, 11) is 3.98. The van der Waals surface area contributed by atoms with Crippen molar-refractivity contribution >= 4 is 28.7 Å². The second kappa shape index (κ2) is 14.1. The molecule has 1 rings (SSSR count). The van der Waals surface area contributed by atoms with Crippen molar-refractivity contribution in [1.82, 2.24) is 4.90 Å². The van der Waals surface area contributed by atoms with Crippen molar-refractivity contribution in [3.05, 3.63) is 47.4 Å². The van der Waals surface area contributed by atoms with Gasteiger partial charge in [0, 0.05) is 19.4 Å². The minimum Gasteiger partial charge on any atom is -0.481 e. The van der Waals surface area contributed by atoms with E-state index in [2.05, 4.69) is 18.7 Å². The summed E-state index contributed by atoms with van der Waals surface area (Å²) in [5.41, 5.74) is 1.14. The molecule has 0 aliphatic heterocycles. The molecule has 2 N–H and O–H groups in total. The summed E-state index contributed by atoms with van der Waals surface area (Å²) in [6, 6.07) is 10.1. The second-order valence-corrected chi connectivity index (χ2v) is 9.79. The van der Waals surface area contributed by atoms with Gasteiger partial charge in [-0.3, -0.25) is 15.0 Å². The lowest BCUT2D eigenvalue weighted by Crippen LogP contribution is -2.39. The van der Waals surface area contributed by atoms with Crippen LogP contribution in [0, 0.1) is 23.2 Å². The highest BCUT2D eigenvalue weighted by Gasteiger charge is 2.26. The average molecular weight is 463 g/mol. The molecule has 0 heterocycles. The van der Waals surface area contributed by atoms with E-state index in [1.54, 1.807) is 6.92 Å². The quantitative estimate of drug-likeness (QED) is 0.241. The molecular weight excluding hydrogens is 424 g/mol. The standard InChI is InChI=1S/C25H38N2O4S/c1-17(2)22(27(5)6)16-23(31-19(4)28)24(26)32-13-12-21(14-18(3)25(29)30)15-20-10-8-7-9-11-20/h7-13,17-18,21-23,26H,14-16H2,1-6H3,(H,29,30)/b13-12+,26-24?. The molecule has 0 aromatic heterocycles.